The van der Waals surface area contributed by atoms with Crippen molar-refractivity contribution in [2.75, 3.05) is 14.7 Å². The van der Waals surface area contributed by atoms with Gasteiger partial charge in [0.25, 0.3) is 6.71 Å². The van der Waals surface area contributed by atoms with Gasteiger partial charge in [0.1, 0.15) is 0 Å². The molecule has 0 N–H and O–H groups in total. The van der Waals surface area contributed by atoms with Gasteiger partial charge >= 0.3 is 0 Å². The lowest BCUT2D eigenvalue weighted by Crippen LogP contribution is -2.61. The summed E-state index contributed by atoms with van der Waals surface area (Å²) in [7, 11) is 0. The molecule has 0 radical (unpaired) electrons. The van der Waals surface area contributed by atoms with Crippen molar-refractivity contribution in [3.05, 3.63) is 197 Å². The molecule has 0 amide bonds. The molecule has 0 bridgehead atoms. The molecular weight excluding hydrogens is 918 g/mol. The molecule has 3 nitrogen and oxygen atoms in total. The van der Waals surface area contributed by atoms with Crippen LogP contribution < -0.4 is 31.1 Å². The summed E-state index contributed by atoms with van der Waals surface area (Å²) in [5.74, 6) is 0. The maximum atomic E-state index is 2.80. The summed E-state index contributed by atoms with van der Waals surface area (Å²) in [6, 6.07) is 62.4. The summed E-state index contributed by atoms with van der Waals surface area (Å²) < 4.78 is 0. The number of nitrogens with zero attached hydrogens (tertiary/aromatic N) is 3. The number of anilines is 8. The predicted molar refractivity (Wildman–Crippen MR) is 327 cm³/mol. The first-order valence-corrected chi connectivity index (χ1v) is 28.4. The van der Waals surface area contributed by atoms with Crippen LogP contribution in [-0.2, 0) is 27.1 Å². The van der Waals surface area contributed by atoms with Gasteiger partial charge in [-0.15, -0.1) is 0 Å². The van der Waals surface area contributed by atoms with Gasteiger partial charge in [-0.1, -0.05) is 193 Å². The summed E-state index contributed by atoms with van der Waals surface area (Å²) in [6.45, 7) is 33.4. The topological polar surface area (TPSA) is 9.72 Å². The molecule has 2 aliphatic carbocycles. The van der Waals surface area contributed by atoms with E-state index < -0.39 is 0 Å². The van der Waals surface area contributed by atoms with Crippen LogP contribution in [0.1, 0.15) is 155 Å². The predicted octanol–water partition coefficient (Wildman–Crippen LogP) is 17.7. The highest BCUT2D eigenvalue weighted by Crippen LogP contribution is 2.62. The van der Waals surface area contributed by atoms with Crippen LogP contribution in [0.4, 0.5) is 45.5 Å². The van der Waals surface area contributed by atoms with E-state index in [4.69, 9.17) is 0 Å². The minimum Gasteiger partial charge on any atom is -0.334 e. The Balaban J connectivity index is 1.11. The zero-order valence-corrected chi connectivity index (χ0v) is 47.8. The fourth-order valence-corrected chi connectivity index (χ4v) is 14.8. The molecule has 5 aliphatic rings. The Morgan fingerprint density at radius 2 is 0.987 bits per heavy atom. The average Bonchev–Trinajstić information content (AvgIpc) is 3.84. The Morgan fingerprint density at radius 1 is 0.421 bits per heavy atom. The molecule has 3 aliphatic heterocycles. The minimum absolute atomic E-state index is 0.00519. The number of rotatable bonds is 4. The van der Waals surface area contributed by atoms with Crippen molar-refractivity contribution in [2.45, 2.75) is 155 Å². The molecule has 1 saturated carbocycles. The number of aryl methyl sites for hydroxylation is 1. The van der Waals surface area contributed by atoms with Gasteiger partial charge in [0, 0.05) is 56.2 Å². The molecule has 2 atom stereocenters. The Hall–Kier alpha value is -6.78. The second-order valence-corrected chi connectivity index (χ2v) is 27.5. The van der Waals surface area contributed by atoms with E-state index in [9.17, 15) is 0 Å². The van der Waals surface area contributed by atoms with Gasteiger partial charge in [-0.05, 0) is 176 Å². The third-order valence-electron chi connectivity index (χ3n) is 19.3. The summed E-state index contributed by atoms with van der Waals surface area (Å²) >= 11 is 0. The Morgan fingerprint density at radius 3 is 1.70 bits per heavy atom. The van der Waals surface area contributed by atoms with Crippen molar-refractivity contribution in [1.82, 2.24) is 0 Å². The highest BCUT2D eigenvalue weighted by atomic mass is 15.3. The van der Waals surface area contributed by atoms with Gasteiger partial charge in [-0.3, -0.25) is 0 Å². The van der Waals surface area contributed by atoms with Crippen molar-refractivity contribution >= 4 is 68.6 Å². The van der Waals surface area contributed by atoms with E-state index in [0.29, 0.717) is 0 Å². The second-order valence-electron chi connectivity index (χ2n) is 27.5. The van der Waals surface area contributed by atoms with E-state index in [1.165, 1.54) is 142 Å². The van der Waals surface area contributed by atoms with E-state index in [1.807, 2.05) is 0 Å². The number of hydrogen-bond acceptors (Lipinski definition) is 3. The summed E-state index contributed by atoms with van der Waals surface area (Å²) in [6.07, 6.45) is 4.83. The van der Waals surface area contributed by atoms with Gasteiger partial charge in [-0.25, -0.2) is 0 Å². The number of benzene rings is 8. The standard InChI is InChI=1S/C72H76BN3/c1-45-38-64-66-65(39-45)75(60-34-27-47(67(2,3)4)40-53(60)46-22-16-15-17-23-46)63-44-51(76-61-35-28-48(68(5,6)7)41-57(61)71(13)36-20-21-37-72(71,76)14)30-33-59(63)73(66)58-32-26-49(69(8,9)10)42-62(58)74(64)50-29-31-56-54(43-50)52-24-18-19-25-55(52)70(56,11)12/h15-19,22-35,38-44H,20-21,36-37H2,1-14H3. The first kappa shape index (κ1) is 48.8. The highest BCUT2D eigenvalue weighted by Gasteiger charge is 2.58. The lowest BCUT2D eigenvalue weighted by Gasteiger charge is -2.51. The SMILES string of the molecule is Cc1cc2c3c(c1)N(c1ccc(C(C)(C)C)cc1-c1ccccc1)c1cc(N4c5ccc(C(C)(C)C)cc5C5(C)CCCCC45C)ccc1B3c1ccc(C(C)(C)C)cc1N2c1ccc2c(c1)-c1ccccc1C2(C)C. The van der Waals surface area contributed by atoms with E-state index in [2.05, 4.69) is 269 Å². The molecule has 1 fully saturated rings. The van der Waals surface area contributed by atoms with Crippen LogP contribution >= 0.6 is 0 Å². The van der Waals surface area contributed by atoms with Crippen LogP contribution in [0.3, 0.4) is 0 Å². The zero-order chi connectivity index (χ0) is 53.2. The Labute approximate surface area is 455 Å². The van der Waals surface area contributed by atoms with Gasteiger partial charge in [0.15, 0.2) is 0 Å². The van der Waals surface area contributed by atoms with Crippen LogP contribution in [-0.4, -0.2) is 12.3 Å². The minimum atomic E-state index is -0.101. The van der Waals surface area contributed by atoms with Crippen molar-refractivity contribution in [3.63, 3.8) is 0 Å². The Bertz CT molecular complexity index is 3710. The molecule has 2 unspecified atom stereocenters. The fourth-order valence-electron chi connectivity index (χ4n) is 14.8. The van der Waals surface area contributed by atoms with Gasteiger partial charge < -0.3 is 14.7 Å². The summed E-state index contributed by atoms with van der Waals surface area (Å²) in [4.78, 5) is 8.12. The summed E-state index contributed by atoms with van der Waals surface area (Å²) in [5.41, 5.74) is 28.7. The molecule has 13 rings (SSSR count). The maximum absolute atomic E-state index is 2.80. The third kappa shape index (κ3) is 7.00. The van der Waals surface area contributed by atoms with E-state index >= 15 is 0 Å². The molecular formula is C72H76BN3. The van der Waals surface area contributed by atoms with Crippen molar-refractivity contribution < 1.29 is 0 Å². The van der Waals surface area contributed by atoms with Crippen LogP contribution in [0.25, 0.3) is 22.3 Å². The molecule has 76 heavy (non-hydrogen) atoms. The molecule has 0 saturated heterocycles. The molecule has 4 heteroatoms. The third-order valence-corrected chi connectivity index (χ3v) is 19.3. The zero-order valence-electron chi connectivity index (χ0n) is 47.8. The maximum Gasteiger partial charge on any atom is 0.252 e. The first-order chi connectivity index (χ1) is 36.0. The Kier molecular flexibility index (Phi) is 10.5. The van der Waals surface area contributed by atoms with Crippen molar-refractivity contribution in [1.29, 1.82) is 0 Å². The van der Waals surface area contributed by atoms with E-state index in [-0.39, 0.29) is 39.3 Å². The molecule has 0 spiro atoms. The van der Waals surface area contributed by atoms with E-state index in [1.54, 1.807) is 0 Å². The number of fused-ring (bicyclic) bond motifs is 10. The normalized spacial score (nSPS) is 19.9. The highest BCUT2D eigenvalue weighted by molar-refractivity contribution is 7.00. The fraction of sp³-hybridized carbons (Fsp3) is 0.333. The molecule has 3 heterocycles. The average molecular weight is 994 g/mol. The number of hydrogen-bond donors (Lipinski definition) is 0. The lowest BCUT2D eigenvalue weighted by atomic mass is 9.33. The van der Waals surface area contributed by atoms with Crippen molar-refractivity contribution in [3.8, 4) is 22.3 Å². The van der Waals surface area contributed by atoms with Gasteiger partial charge in [-0.2, -0.15) is 0 Å². The monoisotopic (exact) mass is 994 g/mol. The largest absolute Gasteiger partial charge is 0.334 e. The molecule has 8 aromatic rings. The quantitative estimate of drug-likeness (QED) is 0.163. The second kappa shape index (κ2) is 16.4. The van der Waals surface area contributed by atoms with Gasteiger partial charge in [0.2, 0.25) is 0 Å². The van der Waals surface area contributed by atoms with Crippen LogP contribution in [0.15, 0.2) is 158 Å². The smallest absolute Gasteiger partial charge is 0.252 e. The molecule has 382 valence electrons. The molecule has 0 aromatic heterocycles. The van der Waals surface area contributed by atoms with Crippen LogP contribution in [0.2, 0.25) is 0 Å². The van der Waals surface area contributed by atoms with Gasteiger partial charge in [0.05, 0.1) is 11.2 Å². The lowest BCUT2D eigenvalue weighted by molar-refractivity contribution is 0.195. The van der Waals surface area contributed by atoms with Crippen LogP contribution in [0, 0.1) is 6.92 Å². The van der Waals surface area contributed by atoms with E-state index in [0.717, 1.165) is 6.42 Å². The first-order valence-electron chi connectivity index (χ1n) is 28.4. The van der Waals surface area contributed by atoms with Crippen molar-refractivity contribution in [2.24, 2.45) is 0 Å². The molecule has 8 aromatic carbocycles. The summed E-state index contributed by atoms with van der Waals surface area (Å²) in [5, 5.41) is 0. The van der Waals surface area contributed by atoms with Crippen LogP contribution in [0.5, 0.6) is 0 Å².